The number of hydrogen-bond acceptors (Lipinski definition) is 3. The smallest absolute Gasteiger partial charge is 0.303 e. The lowest BCUT2D eigenvalue weighted by Gasteiger charge is -2.14. The lowest BCUT2D eigenvalue weighted by molar-refractivity contribution is -0.136. The highest BCUT2D eigenvalue weighted by atomic mass is 28.3. The third-order valence-corrected chi connectivity index (χ3v) is 8.10. The zero-order valence-corrected chi connectivity index (χ0v) is 24.7. The van der Waals surface area contributed by atoms with E-state index in [-0.39, 0.29) is 11.4 Å². The van der Waals surface area contributed by atoms with Gasteiger partial charge in [0.1, 0.15) is 0 Å². The molecule has 0 aromatic heterocycles. The predicted octanol–water partition coefficient (Wildman–Crippen LogP) is 5.91. The van der Waals surface area contributed by atoms with Crippen LogP contribution in [0.3, 0.4) is 0 Å². The van der Waals surface area contributed by atoms with Gasteiger partial charge in [-0.15, -0.1) is 0 Å². The third kappa shape index (κ3) is 47.2. The number of nitrogens with one attached hydrogen (secondary N) is 1. The number of hydrogen-bond donors (Lipinski definition) is 3. The van der Waals surface area contributed by atoms with Crippen molar-refractivity contribution >= 4 is 28.0 Å². The van der Waals surface area contributed by atoms with Crippen LogP contribution in [0.25, 0.3) is 0 Å². The highest BCUT2D eigenvalue weighted by molar-refractivity contribution is 6.76. The fourth-order valence-electron chi connectivity index (χ4n) is 2.41. The van der Waals surface area contributed by atoms with Crippen molar-refractivity contribution in [3.63, 3.8) is 0 Å². The van der Waals surface area contributed by atoms with E-state index in [1.807, 2.05) is 0 Å². The molecular weight excluding hydrogens is 436 g/mol. The van der Waals surface area contributed by atoms with Crippen molar-refractivity contribution in [2.45, 2.75) is 129 Å². The third-order valence-electron chi connectivity index (χ3n) is 4.60. The number of carboxylic acid groups (broad SMARTS) is 1. The molecule has 0 aromatic rings. The summed E-state index contributed by atoms with van der Waals surface area (Å²) in [4.78, 5) is 21.5. The summed E-state index contributed by atoms with van der Waals surface area (Å²) in [7, 11) is -2.14. The number of amides is 1. The maximum Gasteiger partial charge on any atom is 0.303 e. The molecule has 0 atom stereocenters. The Balaban J connectivity index is -0.000000198. The van der Waals surface area contributed by atoms with Crippen LogP contribution in [0.4, 0.5) is 0 Å². The Bertz CT molecular complexity index is 419. The minimum atomic E-state index is -1.10. The molecule has 0 saturated carbocycles. The van der Waals surface area contributed by atoms with Gasteiger partial charge in [0.15, 0.2) is 0 Å². The Morgan fingerprint density at radius 2 is 1.19 bits per heavy atom. The fraction of sp³-hybridized carbons (Fsp3) is 0.917. The van der Waals surface area contributed by atoms with E-state index >= 15 is 0 Å². The molecule has 0 aliphatic heterocycles. The zero-order chi connectivity index (χ0) is 24.8. The van der Waals surface area contributed by atoms with Crippen LogP contribution in [0.5, 0.6) is 0 Å². The number of unbranched alkanes of at least 4 members (excludes halogenated alkanes) is 6. The van der Waals surface area contributed by atoms with Crippen molar-refractivity contribution in [1.29, 1.82) is 0 Å². The van der Waals surface area contributed by atoms with Crippen LogP contribution in [0.2, 0.25) is 51.4 Å². The lowest BCUT2D eigenvalue weighted by Crippen LogP contribution is -2.28. The second-order valence-electron chi connectivity index (χ2n) is 10.8. The van der Waals surface area contributed by atoms with Crippen LogP contribution < -0.4 is 11.1 Å². The first-order valence-corrected chi connectivity index (χ1v) is 19.9. The molecule has 0 bridgehead atoms. The topological polar surface area (TPSA) is 124 Å². The number of carbonyl (C=O) groups is 2. The van der Waals surface area contributed by atoms with Gasteiger partial charge in [0, 0.05) is 35.5 Å². The van der Waals surface area contributed by atoms with Gasteiger partial charge in [-0.1, -0.05) is 91.7 Å². The Hall–Kier alpha value is -0.706. The molecule has 1 amide bonds. The monoisotopic (exact) mass is 494 g/mol. The number of carbonyl (C=O) groups excluding carboxylic acids is 1. The number of carboxylic acids is 1. The summed E-state index contributed by atoms with van der Waals surface area (Å²) < 4.78 is 0. The SMILES string of the molecule is CCCCCCN.CCCCCCNC(=O)CC[Si](C)(C)C.C[Si](C)(C)CCC(=O)O.O. The van der Waals surface area contributed by atoms with E-state index in [1.165, 1.54) is 44.9 Å². The molecule has 0 fully saturated rings. The van der Waals surface area contributed by atoms with Gasteiger partial charge in [0.2, 0.25) is 5.91 Å². The first-order chi connectivity index (χ1) is 14.3. The minimum absolute atomic E-state index is 0. The van der Waals surface area contributed by atoms with Crippen LogP contribution in [0.1, 0.15) is 78.1 Å². The molecule has 0 rings (SSSR count). The molecule has 8 heteroatoms. The molecule has 0 aliphatic carbocycles. The molecule has 0 saturated heterocycles. The summed E-state index contributed by atoms with van der Waals surface area (Å²) in [5.74, 6) is -0.425. The van der Waals surface area contributed by atoms with E-state index in [1.54, 1.807) is 0 Å². The average molecular weight is 495 g/mol. The highest BCUT2D eigenvalue weighted by Gasteiger charge is 2.14. The first kappa shape index (κ1) is 38.6. The number of aliphatic carboxylic acids is 1. The summed E-state index contributed by atoms with van der Waals surface area (Å²) in [5, 5.41) is 11.3. The van der Waals surface area contributed by atoms with Crippen molar-refractivity contribution in [2.24, 2.45) is 5.73 Å². The molecule has 0 aliphatic rings. The normalized spacial score (nSPS) is 10.7. The molecule has 0 spiro atoms. The van der Waals surface area contributed by atoms with E-state index in [0.29, 0.717) is 6.42 Å². The van der Waals surface area contributed by atoms with Crippen molar-refractivity contribution in [1.82, 2.24) is 5.32 Å². The van der Waals surface area contributed by atoms with Gasteiger partial charge in [-0.3, -0.25) is 9.59 Å². The molecule has 32 heavy (non-hydrogen) atoms. The van der Waals surface area contributed by atoms with Crippen molar-refractivity contribution in [3.8, 4) is 0 Å². The van der Waals surface area contributed by atoms with Gasteiger partial charge in [0.05, 0.1) is 0 Å². The van der Waals surface area contributed by atoms with Gasteiger partial charge >= 0.3 is 5.97 Å². The minimum Gasteiger partial charge on any atom is -0.481 e. The lowest BCUT2D eigenvalue weighted by atomic mass is 10.2. The van der Waals surface area contributed by atoms with Gasteiger partial charge < -0.3 is 21.6 Å². The summed E-state index contributed by atoms with van der Waals surface area (Å²) in [5.41, 5.74) is 5.27. The standard InChI is InChI=1S/C12H27NOSi.C6H15N.C6H14O2Si.H2O/c1-5-6-7-8-10-13-12(14)9-11-15(2,3)4;1-2-3-4-5-6-7;1-9(2,3)5-4-6(7)8;/h5-11H2,1-4H3,(H,13,14);2-7H2,1H3;4-5H2,1-3H3,(H,7,8);1H2. The van der Waals surface area contributed by atoms with E-state index in [9.17, 15) is 9.59 Å². The molecule has 0 heterocycles. The van der Waals surface area contributed by atoms with Gasteiger partial charge in [-0.2, -0.15) is 0 Å². The van der Waals surface area contributed by atoms with Gasteiger partial charge in [0.25, 0.3) is 0 Å². The fourth-order valence-corrected chi connectivity index (χ4v) is 4.35. The Morgan fingerprint density at radius 1 is 0.750 bits per heavy atom. The first-order valence-electron chi connectivity index (χ1n) is 12.5. The summed E-state index contributed by atoms with van der Waals surface area (Å²) >= 11 is 0. The van der Waals surface area contributed by atoms with Crippen LogP contribution in [0.15, 0.2) is 0 Å². The molecule has 196 valence electrons. The summed E-state index contributed by atoms with van der Waals surface area (Å²) in [6.45, 7) is 19.6. The van der Waals surface area contributed by atoms with Crippen molar-refractivity contribution in [3.05, 3.63) is 0 Å². The molecule has 0 radical (unpaired) electrons. The number of nitrogens with two attached hydrogens (primary N) is 1. The Labute approximate surface area is 201 Å². The van der Waals surface area contributed by atoms with E-state index in [0.717, 1.165) is 38.0 Å². The summed E-state index contributed by atoms with van der Waals surface area (Å²) in [6, 6.07) is 2.00. The number of rotatable bonds is 15. The molecule has 6 nitrogen and oxygen atoms in total. The maximum absolute atomic E-state index is 11.4. The van der Waals surface area contributed by atoms with Crippen molar-refractivity contribution < 1.29 is 20.2 Å². The van der Waals surface area contributed by atoms with Gasteiger partial charge in [-0.05, 0) is 31.5 Å². The predicted molar refractivity (Wildman–Crippen MR) is 147 cm³/mol. The quantitative estimate of drug-likeness (QED) is 0.193. The summed E-state index contributed by atoms with van der Waals surface area (Å²) in [6.07, 6.45) is 11.1. The van der Waals surface area contributed by atoms with E-state index < -0.39 is 22.1 Å². The maximum atomic E-state index is 11.4. The molecule has 6 N–H and O–H groups in total. The van der Waals surface area contributed by atoms with Crippen LogP contribution in [0, 0.1) is 0 Å². The molecular formula is C24H58N2O4Si2. The van der Waals surface area contributed by atoms with E-state index in [4.69, 9.17) is 10.8 Å². The van der Waals surface area contributed by atoms with Crippen LogP contribution >= 0.6 is 0 Å². The Morgan fingerprint density at radius 3 is 1.53 bits per heavy atom. The van der Waals surface area contributed by atoms with E-state index in [2.05, 4.69) is 58.4 Å². The van der Waals surface area contributed by atoms with Gasteiger partial charge in [-0.25, -0.2) is 0 Å². The molecule has 0 aromatic carbocycles. The highest BCUT2D eigenvalue weighted by Crippen LogP contribution is 2.11. The zero-order valence-electron chi connectivity index (χ0n) is 22.7. The van der Waals surface area contributed by atoms with Crippen LogP contribution in [-0.2, 0) is 9.59 Å². The van der Waals surface area contributed by atoms with Crippen molar-refractivity contribution in [2.75, 3.05) is 13.1 Å². The molecule has 0 unspecified atom stereocenters. The van der Waals surface area contributed by atoms with Crippen LogP contribution in [-0.4, -0.2) is 51.7 Å². The average Bonchev–Trinajstić information content (AvgIpc) is 2.65. The second kappa shape index (κ2) is 24.9. The largest absolute Gasteiger partial charge is 0.481 e. The second-order valence-corrected chi connectivity index (χ2v) is 22.0. The Kier molecular flexibility index (Phi) is 30.0.